The summed E-state index contributed by atoms with van der Waals surface area (Å²) in [6, 6.07) is 4.10. The van der Waals surface area contributed by atoms with Gasteiger partial charge in [0.05, 0.1) is 5.75 Å². The SMILES string of the molecule is CNc1nnc(SCC(=O)NCCc2cccs2)s1. The van der Waals surface area contributed by atoms with Gasteiger partial charge in [-0.15, -0.1) is 21.5 Å². The lowest BCUT2D eigenvalue weighted by Crippen LogP contribution is -2.27. The van der Waals surface area contributed by atoms with Crippen molar-refractivity contribution in [3.05, 3.63) is 22.4 Å². The smallest absolute Gasteiger partial charge is 0.230 e. The first-order chi connectivity index (χ1) is 9.28. The number of carbonyl (C=O) groups excluding carboxylic acids is 1. The molecule has 0 unspecified atom stereocenters. The van der Waals surface area contributed by atoms with Crippen molar-refractivity contribution in [1.82, 2.24) is 15.5 Å². The highest BCUT2D eigenvalue weighted by molar-refractivity contribution is 8.01. The number of thioether (sulfide) groups is 1. The molecule has 0 aliphatic heterocycles. The topological polar surface area (TPSA) is 66.9 Å². The van der Waals surface area contributed by atoms with Crippen LogP contribution in [0, 0.1) is 0 Å². The van der Waals surface area contributed by atoms with Crippen LogP contribution in [0.4, 0.5) is 5.13 Å². The van der Waals surface area contributed by atoms with E-state index in [9.17, 15) is 4.79 Å². The molecule has 0 aromatic carbocycles. The molecule has 0 aliphatic carbocycles. The third-order valence-corrected chi connectivity index (χ3v) is 5.23. The fourth-order valence-electron chi connectivity index (χ4n) is 1.33. The van der Waals surface area contributed by atoms with Gasteiger partial charge in [0.25, 0.3) is 0 Å². The molecule has 1 amide bonds. The molecule has 0 bridgehead atoms. The first-order valence-electron chi connectivity index (χ1n) is 5.71. The fraction of sp³-hybridized carbons (Fsp3) is 0.364. The van der Waals surface area contributed by atoms with E-state index in [1.807, 2.05) is 11.4 Å². The zero-order chi connectivity index (χ0) is 13.5. The minimum Gasteiger partial charge on any atom is -0.363 e. The van der Waals surface area contributed by atoms with Crippen molar-refractivity contribution in [2.24, 2.45) is 0 Å². The quantitative estimate of drug-likeness (QED) is 0.766. The second-order valence-electron chi connectivity index (χ2n) is 3.59. The molecule has 0 fully saturated rings. The van der Waals surface area contributed by atoms with E-state index in [0.29, 0.717) is 12.3 Å². The number of hydrogen-bond donors (Lipinski definition) is 2. The summed E-state index contributed by atoms with van der Waals surface area (Å²) in [5, 5.41) is 16.5. The molecule has 2 heterocycles. The molecule has 2 aromatic rings. The van der Waals surface area contributed by atoms with E-state index in [1.54, 1.807) is 18.4 Å². The van der Waals surface area contributed by atoms with Gasteiger partial charge in [0.2, 0.25) is 11.0 Å². The van der Waals surface area contributed by atoms with Crippen LogP contribution in [-0.4, -0.2) is 35.4 Å². The molecular formula is C11H14N4OS3. The number of anilines is 1. The number of hydrogen-bond acceptors (Lipinski definition) is 7. The third kappa shape index (κ3) is 4.81. The molecule has 0 spiro atoms. The lowest BCUT2D eigenvalue weighted by molar-refractivity contribution is -0.118. The molecule has 0 atom stereocenters. The normalized spacial score (nSPS) is 10.4. The van der Waals surface area contributed by atoms with Crippen molar-refractivity contribution >= 4 is 45.5 Å². The van der Waals surface area contributed by atoms with Crippen molar-refractivity contribution in [2.45, 2.75) is 10.8 Å². The summed E-state index contributed by atoms with van der Waals surface area (Å²) >= 11 is 4.57. The van der Waals surface area contributed by atoms with Gasteiger partial charge >= 0.3 is 0 Å². The highest BCUT2D eigenvalue weighted by Gasteiger charge is 2.07. The van der Waals surface area contributed by atoms with Gasteiger partial charge in [-0.3, -0.25) is 4.79 Å². The first kappa shape index (κ1) is 14.3. The van der Waals surface area contributed by atoms with Crippen LogP contribution in [0.5, 0.6) is 0 Å². The summed E-state index contributed by atoms with van der Waals surface area (Å²) in [6.07, 6.45) is 0.886. The van der Waals surface area contributed by atoms with Crippen molar-refractivity contribution < 1.29 is 4.79 Å². The van der Waals surface area contributed by atoms with Crippen molar-refractivity contribution in [3.8, 4) is 0 Å². The molecule has 5 nitrogen and oxygen atoms in total. The molecule has 102 valence electrons. The lowest BCUT2D eigenvalue weighted by atomic mass is 10.3. The van der Waals surface area contributed by atoms with Crippen molar-refractivity contribution in [1.29, 1.82) is 0 Å². The Kier molecular flexibility index (Phi) is 5.62. The van der Waals surface area contributed by atoms with E-state index in [4.69, 9.17) is 0 Å². The summed E-state index contributed by atoms with van der Waals surface area (Å²) < 4.78 is 0.803. The summed E-state index contributed by atoms with van der Waals surface area (Å²) in [6.45, 7) is 0.678. The van der Waals surface area contributed by atoms with Crippen LogP contribution in [0.25, 0.3) is 0 Å². The van der Waals surface area contributed by atoms with Crippen molar-refractivity contribution in [3.63, 3.8) is 0 Å². The highest BCUT2D eigenvalue weighted by Crippen LogP contribution is 2.24. The van der Waals surface area contributed by atoms with E-state index in [-0.39, 0.29) is 5.91 Å². The summed E-state index contributed by atoms with van der Waals surface area (Å²) in [5.74, 6) is 0.408. The molecule has 0 aliphatic rings. The second-order valence-corrected chi connectivity index (χ2v) is 6.82. The number of nitrogens with one attached hydrogen (secondary N) is 2. The molecule has 0 saturated heterocycles. The number of amides is 1. The molecule has 2 rings (SSSR count). The standard InChI is InChI=1S/C11H14N4OS3/c1-12-10-14-15-11(19-10)18-7-9(16)13-5-4-8-3-2-6-17-8/h2-3,6H,4-5,7H2,1H3,(H,12,14)(H,13,16). The minimum atomic E-state index is 0.0303. The zero-order valence-corrected chi connectivity index (χ0v) is 12.8. The van der Waals surface area contributed by atoms with Gasteiger partial charge in [0.15, 0.2) is 4.34 Å². The molecule has 0 saturated carbocycles. The van der Waals surface area contributed by atoms with Crippen LogP contribution in [0.1, 0.15) is 4.88 Å². The van der Waals surface area contributed by atoms with Gasteiger partial charge in [0.1, 0.15) is 0 Å². The number of carbonyl (C=O) groups is 1. The molecule has 8 heteroatoms. The van der Waals surface area contributed by atoms with E-state index in [2.05, 4.69) is 26.9 Å². The predicted molar refractivity (Wildman–Crippen MR) is 81.2 cm³/mol. The molecule has 2 N–H and O–H groups in total. The van der Waals surface area contributed by atoms with E-state index >= 15 is 0 Å². The van der Waals surface area contributed by atoms with Crippen LogP contribution >= 0.6 is 34.4 Å². The Morgan fingerprint density at radius 1 is 1.47 bits per heavy atom. The van der Waals surface area contributed by atoms with Crippen LogP contribution < -0.4 is 10.6 Å². The van der Waals surface area contributed by atoms with Crippen LogP contribution in [0.3, 0.4) is 0 Å². The Morgan fingerprint density at radius 2 is 2.37 bits per heavy atom. The van der Waals surface area contributed by atoms with Gasteiger partial charge < -0.3 is 10.6 Å². The summed E-state index contributed by atoms with van der Waals surface area (Å²) in [4.78, 5) is 12.9. The number of thiophene rings is 1. The molecular weight excluding hydrogens is 300 g/mol. The largest absolute Gasteiger partial charge is 0.363 e. The average Bonchev–Trinajstić information content (AvgIpc) is 3.07. The highest BCUT2D eigenvalue weighted by atomic mass is 32.2. The lowest BCUT2D eigenvalue weighted by Gasteiger charge is -2.02. The van der Waals surface area contributed by atoms with Gasteiger partial charge in [-0.2, -0.15) is 0 Å². The average molecular weight is 314 g/mol. The van der Waals surface area contributed by atoms with Crippen LogP contribution in [0.15, 0.2) is 21.9 Å². The van der Waals surface area contributed by atoms with E-state index < -0.39 is 0 Å². The molecule has 2 aromatic heterocycles. The maximum absolute atomic E-state index is 11.6. The maximum atomic E-state index is 11.6. The Balaban J connectivity index is 1.64. The van der Waals surface area contributed by atoms with Crippen LogP contribution in [0.2, 0.25) is 0 Å². The Bertz CT molecular complexity index is 512. The minimum absolute atomic E-state index is 0.0303. The monoisotopic (exact) mass is 314 g/mol. The second kappa shape index (κ2) is 7.46. The number of nitrogens with zero attached hydrogens (tertiary/aromatic N) is 2. The zero-order valence-electron chi connectivity index (χ0n) is 10.4. The van der Waals surface area contributed by atoms with Crippen LogP contribution in [-0.2, 0) is 11.2 Å². The summed E-state index contributed by atoms with van der Waals surface area (Å²) in [7, 11) is 1.80. The number of rotatable bonds is 7. The first-order valence-corrected chi connectivity index (χ1v) is 8.39. The fourth-order valence-corrected chi connectivity index (χ4v) is 3.57. The van der Waals surface area contributed by atoms with Gasteiger partial charge in [-0.25, -0.2) is 0 Å². The Hall–Kier alpha value is -1.12. The van der Waals surface area contributed by atoms with Crippen molar-refractivity contribution in [2.75, 3.05) is 24.7 Å². The Labute approximate surface area is 123 Å². The molecule has 0 radical (unpaired) electrons. The van der Waals surface area contributed by atoms with Gasteiger partial charge in [0, 0.05) is 18.5 Å². The van der Waals surface area contributed by atoms with Gasteiger partial charge in [-0.1, -0.05) is 29.2 Å². The number of aromatic nitrogens is 2. The van der Waals surface area contributed by atoms with E-state index in [0.717, 1.165) is 15.9 Å². The summed E-state index contributed by atoms with van der Waals surface area (Å²) in [5.41, 5.74) is 0. The van der Waals surface area contributed by atoms with Gasteiger partial charge in [-0.05, 0) is 17.9 Å². The Morgan fingerprint density at radius 3 is 3.05 bits per heavy atom. The maximum Gasteiger partial charge on any atom is 0.230 e. The third-order valence-electron chi connectivity index (χ3n) is 2.22. The molecule has 19 heavy (non-hydrogen) atoms. The predicted octanol–water partition coefficient (Wildman–Crippen LogP) is 2.09. The van der Waals surface area contributed by atoms with E-state index in [1.165, 1.54) is 28.0 Å².